The van der Waals surface area contributed by atoms with Crippen LogP contribution in [0.2, 0.25) is 0 Å². The standard InChI is InChI=1S/C20H21ClFN3O4/c1-29-19-16-12(18(26)13(20(27)28)9-25(16)11-2-3-11)6-15(22)17(19)24-5-4-10(8-24)14(21)7-23/h6,9,11H,2-5,7-8,23H2,1H3,(H,27,28)/b14-10+. The van der Waals surface area contributed by atoms with Crippen LogP contribution in [-0.2, 0) is 0 Å². The molecule has 1 aromatic heterocycles. The number of anilines is 1. The molecular weight excluding hydrogens is 401 g/mol. The Balaban J connectivity index is 1.98. The number of rotatable bonds is 5. The van der Waals surface area contributed by atoms with Gasteiger partial charge in [-0.15, -0.1) is 0 Å². The summed E-state index contributed by atoms with van der Waals surface area (Å²) in [5.74, 6) is -1.74. The van der Waals surface area contributed by atoms with Crippen molar-refractivity contribution in [3.63, 3.8) is 0 Å². The molecule has 29 heavy (non-hydrogen) atoms. The van der Waals surface area contributed by atoms with Crippen molar-refractivity contribution in [3.05, 3.63) is 44.5 Å². The van der Waals surface area contributed by atoms with E-state index in [0.717, 1.165) is 24.5 Å². The highest BCUT2D eigenvalue weighted by Crippen LogP contribution is 2.44. The quantitative estimate of drug-likeness (QED) is 0.770. The number of aromatic carboxylic acids is 1. The van der Waals surface area contributed by atoms with E-state index in [4.69, 9.17) is 22.1 Å². The van der Waals surface area contributed by atoms with Crippen LogP contribution in [0.25, 0.3) is 10.9 Å². The van der Waals surface area contributed by atoms with Crippen molar-refractivity contribution < 1.29 is 19.0 Å². The van der Waals surface area contributed by atoms with Gasteiger partial charge in [0.25, 0.3) is 0 Å². The summed E-state index contributed by atoms with van der Waals surface area (Å²) < 4.78 is 22.5. The van der Waals surface area contributed by atoms with Crippen LogP contribution in [-0.4, -0.2) is 42.4 Å². The van der Waals surface area contributed by atoms with Crippen molar-refractivity contribution in [1.82, 2.24) is 4.57 Å². The third-order valence-corrected chi connectivity index (χ3v) is 5.94. The summed E-state index contributed by atoms with van der Waals surface area (Å²) in [6.07, 6.45) is 3.71. The molecule has 9 heteroatoms. The summed E-state index contributed by atoms with van der Waals surface area (Å²) in [4.78, 5) is 26.1. The van der Waals surface area contributed by atoms with Crippen LogP contribution < -0.4 is 20.8 Å². The Kier molecular flexibility index (Phi) is 5.00. The minimum Gasteiger partial charge on any atom is -0.492 e. The Hall–Kier alpha value is -2.58. The van der Waals surface area contributed by atoms with Crippen molar-refractivity contribution in [2.75, 3.05) is 31.6 Å². The molecule has 1 saturated heterocycles. The summed E-state index contributed by atoms with van der Waals surface area (Å²) in [6.45, 7) is 1.17. The Morgan fingerprint density at radius 3 is 2.76 bits per heavy atom. The lowest BCUT2D eigenvalue weighted by molar-refractivity contribution is 0.0695. The zero-order valence-corrected chi connectivity index (χ0v) is 16.6. The summed E-state index contributed by atoms with van der Waals surface area (Å²) in [5.41, 5.74) is 6.13. The average Bonchev–Trinajstić information content (AvgIpc) is 3.43. The third-order valence-electron chi connectivity index (χ3n) is 5.52. The number of hydrogen-bond acceptors (Lipinski definition) is 5. The Labute approximate surface area is 171 Å². The van der Waals surface area contributed by atoms with E-state index in [1.54, 1.807) is 4.57 Å². The van der Waals surface area contributed by atoms with Gasteiger partial charge in [0.1, 0.15) is 11.3 Å². The molecule has 1 aliphatic heterocycles. The minimum atomic E-state index is -1.33. The topological polar surface area (TPSA) is 97.8 Å². The summed E-state index contributed by atoms with van der Waals surface area (Å²) in [7, 11) is 1.42. The smallest absolute Gasteiger partial charge is 0.341 e. The molecule has 2 aliphatic rings. The lowest BCUT2D eigenvalue weighted by Crippen LogP contribution is -2.23. The molecule has 2 fully saturated rings. The predicted octanol–water partition coefficient (Wildman–Crippen LogP) is 2.84. The van der Waals surface area contributed by atoms with Crippen LogP contribution >= 0.6 is 11.6 Å². The van der Waals surface area contributed by atoms with Gasteiger partial charge in [-0.25, -0.2) is 9.18 Å². The van der Waals surface area contributed by atoms with Crippen LogP contribution in [0, 0.1) is 5.82 Å². The van der Waals surface area contributed by atoms with E-state index in [9.17, 15) is 14.7 Å². The number of ether oxygens (including phenoxy) is 1. The number of nitrogens with two attached hydrogens (primary N) is 1. The molecule has 154 valence electrons. The van der Waals surface area contributed by atoms with Crippen molar-refractivity contribution in [2.45, 2.75) is 25.3 Å². The van der Waals surface area contributed by atoms with Crippen molar-refractivity contribution >= 4 is 34.2 Å². The van der Waals surface area contributed by atoms with E-state index >= 15 is 4.39 Å². The third kappa shape index (κ3) is 3.26. The second-order valence-electron chi connectivity index (χ2n) is 7.34. The molecule has 2 aromatic rings. The number of nitrogens with zero attached hydrogens (tertiary/aromatic N) is 2. The monoisotopic (exact) mass is 421 g/mol. The van der Waals surface area contributed by atoms with E-state index in [1.807, 2.05) is 4.90 Å². The number of carboxylic acid groups (broad SMARTS) is 1. The Morgan fingerprint density at radius 2 is 2.17 bits per heavy atom. The molecule has 4 rings (SSSR count). The summed E-state index contributed by atoms with van der Waals surface area (Å²) >= 11 is 6.18. The molecule has 0 unspecified atom stereocenters. The normalized spacial score (nSPS) is 18.4. The largest absolute Gasteiger partial charge is 0.492 e. The van der Waals surface area contributed by atoms with E-state index in [0.29, 0.717) is 30.1 Å². The highest BCUT2D eigenvalue weighted by molar-refractivity contribution is 6.30. The van der Waals surface area contributed by atoms with Gasteiger partial charge in [-0.05, 0) is 30.9 Å². The molecule has 0 radical (unpaired) electrons. The first kappa shape index (κ1) is 19.7. The Morgan fingerprint density at radius 1 is 1.45 bits per heavy atom. The van der Waals surface area contributed by atoms with Gasteiger partial charge in [0.2, 0.25) is 5.43 Å². The van der Waals surface area contributed by atoms with Gasteiger partial charge >= 0.3 is 5.97 Å². The molecule has 0 amide bonds. The molecular formula is C20H21ClFN3O4. The van der Waals surface area contributed by atoms with Crippen molar-refractivity contribution in [1.29, 1.82) is 0 Å². The maximum Gasteiger partial charge on any atom is 0.341 e. The number of hydrogen-bond donors (Lipinski definition) is 2. The number of fused-ring (bicyclic) bond motifs is 1. The lowest BCUT2D eigenvalue weighted by Gasteiger charge is -2.24. The maximum absolute atomic E-state index is 15.2. The van der Waals surface area contributed by atoms with E-state index in [-0.39, 0.29) is 35.0 Å². The summed E-state index contributed by atoms with van der Waals surface area (Å²) in [5, 5.41) is 9.97. The Bertz CT molecular complexity index is 1110. The van der Waals surface area contributed by atoms with Crippen LogP contribution in [0.15, 0.2) is 27.7 Å². The predicted molar refractivity (Wildman–Crippen MR) is 109 cm³/mol. The van der Waals surface area contributed by atoms with Gasteiger partial charge in [-0.1, -0.05) is 11.6 Å². The minimum absolute atomic E-state index is 0.00449. The van der Waals surface area contributed by atoms with Crippen LogP contribution in [0.1, 0.15) is 35.7 Å². The van der Waals surface area contributed by atoms with Crippen molar-refractivity contribution in [3.8, 4) is 5.75 Å². The van der Waals surface area contributed by atoms with E-state index in [2.05, 4.69) is 0 Å². The molecule has 7 nitrogen and oxygen atoms in total. The number of pyridine rings is 1. The van der Waals surface area contributed by atoms with Gasteiger partial charge < -0.3 is 25.0 Å². The highest BCUT2D eigenvalue weighted by Gasteiger charge is 2.32. The number of carbonyl (C=O) groups is 1. The zero-order chi connectivity index (χ0) is 20.9. The first-order valence-corrected chi connectivity index (χ1v) is 9.75. The van der Waals surface area contributed by atoms with E-state index in [1.165, 1.54) is 13.3 Å². The van der Waals surface area contributed by atoms with E-state index < -0.39 is 17.2 Å². The second kappa shape index (κ2) is 7.35. The van der Waals surface area contributed by atoms with Crippen LogP contribution in [0.5, 0.6) is 5.75 Å². The number of benzene rings is 1. The van der Waals surface area contributed by atoms with Crippen LogP contribution in [0.3, 0.4) is 0 Å². The van der Waals surface area contributed by atoms with Crippen molar-refractivity contribution in [2.24, 2.45) is 5.73 Å². The fourth-order valence-electron chi connectivity index (χ4n) is 3.94. The van der Waals surface area contributed by atoms with Gasteiger partial charge in [-0.3, -0.25) is 4.79 Å². The molecule has 1 aliphatic carbocycles. The van der Waals surface area contributed by atoms with Gasteiger partial charge in [0.05, 0.1) is 18.0 Å². The molecule has 0 bridgehead atoms. The molecule has 0 atom stereocenters. The van der Waals surface area contributed by atoms with Crippen LogP contribution in [0.4, 0.5) is 10.1 Å². The van der Waals surface area contributed by atoms with Gasteiger partial charge in [-0.2, -0.15) is 0 Å². The zero-order valence-electron chi connectivity index (χ0n) is 15.9. The SMILES string of the molecule is COc1c(N2CC/C(=C(\Cl)CN)C2)c(F)cc2c(=O)c(C(=O)O)cn(C3CC3)c12. The first-order chi connectivity index (χ1) is 13.9. The number of aromatic nitrogens is 1. The maximum atomic E-state index is 15.2. The fraction of sp³-hybridized carbons (Fsp3) is 0.400. The molecule has 1 saturated carbocycles. The van der Waals surface area contributed by atoms with Gasteiger partial charge in [0.15, 0.2) is 11.6 Å². The molecule has 1 aromatic carbocycles. The van der Waals surface area contributed by atoms with Gasteiger partial charge in [0, 0.05) is 36.9 Å². The average molecular weight is 422 g/mol. The highest BCUT2D eigenvalue weighted by atomic mass is 35.5. The number of methoxy groups -OCH3 is 1. The first-order valence-electron chi connectivity index (χ1n) is 9.37. The number of carboxylic acids is 1. The second-order valence-corrected chi connectivity index (χ2v) is 7.79. The summed E-state index contributed by atoms with van der Waals surface area (Å²) in [6, 6.07) is 1.18. The lowest BCUT2D eigenvalue weighted by atomic mass is 10.1. The number of halogens is 2. The molecule has 3 N–H and O–H groups in total. The molecule has 0 spiro atoms. The fourth-order valence-corrected chi connectivity index (χ4v) is 4.09. The molecule has 2 heterocycles.